The molecule has 1 aromatic rings. The third-order valence-corrected chi connectivity index (χ3v) is 22.9. The Labute approximate surface area is 585 Å². The maximum absolute atomic E-state index is 15.7. The summed E-state index contributed by atoms with van der Waals surface area (Å²) < 4.78 is 41.6. The molecule has 8 rings (SSSR count). The lowest BCUT2D eigenvalue weighted by molar-refractivity contribution is -0.161. The number of carbonyl (C=O) groups excluding carboxylic acids is 12. The number of amides is 12. The first-order chi connectivity index (χ1) is 46.7. The monoisotopic (exact) mass is 1410 g/mol. The summed E-state index contributed by atoms with van der Waals surface area (Å²) in [6.45, 7) is 9.23. The van der Waals surface area contributed by atoms with Crippen LogP contribution < -0.4 is 16.0 Å². The third-order valence-electron chi connectivity index (χ3n) is 22.6. The number of rotatable bonds is 10. The van der Waals surface area contributed by atoms with Crippen molar-refractivity contribution >= 4 is 82.5 Å². The van der Waals surface area contributed by atoms with Crippen LogP contribution in [0.15, 0.2) is 18.2 Å². The van der Waals surface area contributed by atoms with Crippen LogP contribution in [-0.2, 0) is 70.1 Å². The Kier molecular flexibility index (Phi) is 26.0. The van der Waals surface area contributed by atoms with Crippen LogP contribution >= 0.6 is 11.6 Å². The molecule has 99 heavy (non-hydrogen) atoms. The molecular formula is C71H106ClF3N12O12. The largest absolute Gasteiger partial charge is 0.417 e. The SMILES string of the molecule is CC[C@H](C)[C@@H]1NC(=O)[C@H](CC(C)C)N(C)C(=O)C[C@@H](C(=O)N2CCCCC2)N(C)C(=O)[C@H](C2CCCC2)N(C)C(=O)C2(CCCC2)NC(=O)[C@@H]2CCCN2C(=O)[C@H](CCc2ccc(C(F)(F)F)c(Cl)c2)NC(=O)CN(C)C(=O)[C@H](C2CCC2)N(C)C(=O)[C@@H]2CCN2C(=O)[C@H](C)N(C)C1=O. The van der Waals surface area contributed by atoms with Crippen LogP contribution in [0.4, 0.5) is 13.2 Å². The van der Waals surface area contributed by atoms with Crippen LogP contribution in [-0.4, -0.2) is 250 Å². The van der Waals surface area contributed by atoms with E-state index in [1.165, 1.54) is 89.6 Å². The van der Waals surface area contributed by atoms with E-state index in [-0.39, 0.29) is 69.9 Å². The van der Waals surface area contributed by atoms with Crippen LogP contribution in [0.1, 0.15) is 181 Å². The van der Waals surface area contributed by atoms with Crippen LogP contribution in [0.25, 0.3) is 0 Å². The highest BCUT2D eigenvalue weighted by molar-refractivity contribution is 6.31. The van der Waals surface area contributed by atoms with E-state index in [2.05, 4.69) is 16.0 Å². The molecule has 3 N–H and O–H groups in total. The highest BCUT2D eigenvalue weighted by Crippen LogP contribution is 2.39. The fourth-order valence-electron chi connectivity index (χ4n) is 15.8. The minimum Gasteiger partial charge on any atom is -0.343 e. The van der Waals surface area contributed by atoms with Crippen molar-refractivity contribution in [2.45, 2.75) is 242 Å². The van der Waals surface area contributed by atoms with Crippen molar-refractivity contribution in [1.29, 1.82) is 0 Å². The average molecular weight is 1410 g/mol. The maximum atomic E-state index is 15.7. The lowest BCUT2D eigenvalue weighted by Crippen LogP contribution is -2.65. The number of hydrogen-bond acceptors (Lipinski definition) is 12. The van der Waals surface area contributed by atoms with Crippen LogP contribution in [0.5, 0.6) is 0 Å². The van der Waals surface area contributed by atoms with E-state index in [4.69, 9.17) is 11.6 Å². The van der Waals surface area contributed by atoms with Gasteiger partial charge < -0.3 is 60.0 Å². The van der Waals surface area contributed by atoms with Crippen LogP contribution in [0.3, 0.4) is 0 Å². The smallest absolute Gasteiger partial charge is 0.343 e. The Morgan fingerprint density at radius 3 is 1.81 bits per heavy atom. The van der Waals surface area contributed by atoms with Gasteiger partial charge in [-0.25, -0.2) is 0 Å². The molecule has 1 aromatic carbocycles. The van der Waals surface area contributed by atoms with Gasteiger partial charge in [0.25, 0.3) is 0 Å². The topological polar surface area (TPSA) is 270 Å². The van der Waals surface area contributed by atoms with E-state index in [1.807, 2.05) is 20.8 Å². The number of aryl methyl sites for hydroxylation is 1. The molecule has 4 aliphatic heterocycles. The van der Waals surface area contributed by atoms with E-state index < -0.39 is 172 Å². The first-order valence-electron chi connectivity index (χ1n) is 36.0. The van der Waals surface area contributed by atoms with Gasteiger partial charge in [-0.2, -0.15) is 13.2 Å². The minimum atomic E-state index is -4.76. The number of benzene rings is 1. The fourth-order valence-corrected chi connectivity index (χ4v) is 16.1. The molecule has 10 atom stereocenters. The van der Waals surface area contributed by atoms with Gasteiger partial charge in [0.2, 0.25) is 70.9 Å². The quantitative estimate of drug-likeness (QED) is 0.266. The summed E-state index contributed by atoms with van der Waals surface area (Å²) in [7, 11) is 8.71. The van der Waals surface area contributed by atoms with Gasteiger partial charge in [-0.1, -0.05) is 83.9 Å². The fraction of sp³-hybridized carbons (Fsp3) is 0.746. The second-order valence-corrected chi connectivity index (χ2v) is 30.1. The molecule has 24 nitrogen and oxygen atoms in total. The van der Waals surface area contributed by atoms with Crippen molar-refractivity contribution in [3.63, 3.8) is 0 Å². The normalized spacial score (nSPS) is 28.7. The summed E-state index contributed by atoms with van der Waals surface area (Å²) in [5.41, 5.74) is -2.33. The van der Waals surface area contributed by atoms with E-state index in [0.717, 1.165) is 42.7 Å². The average Bonchev–Trinajstić information content (AvgIpc) is 1.76. The molecule has 0 bridgehead atoms. The van der Waals surface area contributed by atoms with E-state index >= 15 is 28.8 Å². The summed E-state index contributed by atoms with van der Waals surface area (Å²) in [6.07, 6.45) is 3.85. The number of alkyl halides is 3. The summed E-state index contributed by atoms with van der Waals surface area (Å²) >= 11 is 6.15. The maximum Gasteiger partial charge on any atom is 0.417 e. The molecule has 1 spiro atoms. The van der Waals surface area contributed by atoms with Crippen molar-refractivity contribution in [2.24, 2.45) is 23.7 Å². The van der Waals surface area contributed by atoms with E-state index in [0.29, 0.717) is 82.9 Å². The molecule has 12 amide bonds. The Hall–Kier alpha value is -7.06. The molecule has 7 aliphatic rings. The predicted octanol–water partition coefficient (Wildman–Crippen LogP) is 5.39. The summed E-state index contributed by atoms with van der Waals surface area (Å²) in [5.74, 6) is -8.79. The number of likely N-dealkylation sites (N-methyl/N-ethyl adjacent to an activating group) is 6. The van der Waals surface area contributed by atoms with Crippen molar-refractivity contribution in [3.05, 3.63) is 34.3 Å². The van der Waals surface area contributed by atoms with Crippen molar-refractivity contribution in [2.75, 3.05) is 75.0 Å². The molecule has 4 saturated heterocycles. The number of hydrogen-bond donors (Lipinski definition) is 3. The number of halogens is 4. The van der Waals surface area contributed by atoms with Gasteiger partial charge in [-0.3, -0.25) is 57.5 Å². The Morgan fingerprint density at radius 2 is 1.24 bits per heavy atom. The van der Waals surface area contributed by atoms with Crippen LogP contribution in [0, 0.1) is 23.7 Å². The first kappa shape index (κ1) is 77.7. The molecule has 3 aliphatic carbocycles. The number of fused-ring (bicyclic) bond motifs is 2. The van der Waals surface area contributed by atoms with Gasteiger partial charge in [-0.15, -0.1) is 0 Å². The molecule has 4 heterocycles. The van der Waals surface area contributed by atoms with Crippen molar-refractivity contribution in [1.82, 2.24) is 60.0 Å². The van der Waals surface area contributed by atoms with E-state index in [9.17, 15) is 41.9 Å². The molecular weight excluding hydrogens is 1310 g/mol. The third kappa shape index (κ3) is 17.5. The molecule has 0 radical (unpaired) electrons. The lowest BCUT2D eigenvalue weighted by atomic mass is 9.78. The summed E-state index contributed by atoms with van der Waals surface area (Å²) in [4.78, 5) is 192. The summed E-state index contributed by atoms with van der Waals surface area (Å²) in [5, 5.41) is 8.20. The zero-order valence-corrected chi connectivity index (χ0v) is 60.5. The van der Waals surface area contributed by atoms with Gasteiger partial charge in [0.1, 0.15) is 59.9 Å². The number of nitrogens with one attached hydrogen (secondary N) is 3. The van der Waals surface area contributed by atoms with E-state index in [1.54, 1.807) is 11.8 Å². The number of piperidine rings is 1. The minimum absolute atomic E-state index is 0.0420. The van der Waals surface area contributed by atoms with Crippen molar-refractivity contribution in [3.8, 4) is 0 Å². The Morgan fingerprint density at radius 1 is 0.626 bits per heavy atom. The number of likely N-dealkylation sites (tertiary alicyclic amines) is 1. The second-order valence-electron chi connectivity index (χ2n) is 29.7. The predicted molar refractivity (Wildman–Crippen MR) is 362 cm³/mol. The van der Waals surface area contributed by atoms with Crippen molar-refractivity contribution < 1.29 is 70.7 Å². The summed E-state index contributed by atoms with van der Waals surface area (Å²) in [6, 6.07) is -7.63. The number of carbonyl (C=O) groups is 12. The van der Waals surface area contributed by atoms with Gasteiger partial charge >= 0.3 is 6.18 Å². The Bertz CT molecular complexity index is 3170. The van der Waals surface area contributed by atoms with Crippen LogP contribution in [0.2, 0.25) is 5.02 Å². The molecule has 0 aromatic heterocycles. The Balaban J connectivity index is 1.17. The zero-order valence-electron chi connectivity index (χ0n) is 59.8. The number of nitrogens with zero attached hydrogens (tertiary/aromatic N) is 9. The van der Waals surface area contributed by atoms with Gasteiger partial charge in [0, 0.05) is 68.5 Å². The molecule has 7 fully saturated rings. The highest BCUT2D eigenvalue weighted by atomic mass is 35.5. The molecule has 550 valence electrons. The standard InChI is InChI=1S/C71H106ClF3N12O12/c1-12-43(4)57-66(96)80(7)44(5)62(92)87-37-31-52(87)64(94)83(10)58(47-24-20-25-47)67(97)79(6)41-55(88)76-50(30-28-45-27-29-48(49(72)39-45)71(73,74)75)63(93)86-36-21-26-51(86)61(91)78-70(32-16-17-33-70)69(99)84(11)59(46-22-14-15-23-46)68(98)82(9)54(65(95)85-34-18-13-19-35-85)40-56(89)81(8)53(38-42(2)3)60(90)77-57/h27,29,39,42-44,46-47,50-54,57-59H,12-26,28,30-38,40-41H2,1-11H3,(H,76,88)(H,77,90)(H,78,91)/t43-,44-,50-,51-,52-,53-,54-,57-,58-,59-/m0/s1. The molecule has 0 unspecified atom stereocenters. The van der Waals surface area contributed by atoms with Gasteiger partial charge in [0.05, 0.1) is 23.6 Å². The molecule has 3 saturated carbocycles. The van der Waals surface area contributed by atoms with Gasteiger partial charge in [0.15, 0.2) is 0 Å². The lowest BCUT2D eigenvalue weighted by Gasteiger charge is -2.46. The highest BCUT2D eigenvalue weighted by Gasteiger charge is 2.53. The van der Waals surface area contributed by atoms with Gasteiger partial charge in [-0.05, 0) is 145 Å². The first-order valence-corrected chi connectivity index (χ1v) is 36.4. The second kappa shape index (κ2) is 33.2. The molecule has 28 heteroatoms. The zero-order chi connectivity index (χ0) is 72.7.